The van der Waals surface area contributed by atoms with Crippen LogP contribution in [0.1, 0.15) is 10.4 Å². The summed E-state index contributed by atoms with van der Waals surface area (Å²) in [6.07, 6.45) is 0. The lowest BCUT2D eigenvalue weighted by Crippen LogP contribution is -2.21. The Morgan fingerprint density at radius 2 is 1.80 bits per heavy atom. The maximum Gasteiger partial charge on any atom is 0.340 e. The fourth-order valence-electron chi connectivity index (χ4n) is 1.79. The van der Waals surface area contributed by atoms with Crippen LogP contribution in [0.15, 0.2) is 51.8 Å². The molecule has 0 fully saturated rings. The lowest BCUT2D eigenvalue weighted by Gasteiger charge is -2.08. The molecule has 3 N–H and O–H groups in total. The van der Waals surface area contributed by atoms with E-state index in [9.17, 15) is 18.0 Å². The molecule has 0 saturated heterocycles. The number of carbonyl (C=O) groups excluding carboxylic acids is 2. The highest BCUT2D eigenvalue weighted by molar-refractivity contribution is 9.10. The van der Waals surface area contributed by atoms with E-state index in [1.54, 1.807) is 6.07 Å². The van der Waals surface area contributed by atoms with Gasteiger partial charge in [0.2, 0.25) is 10.0 Å². The summed E-state index contributed by atoms with van der Waals surface area (Å²) in [5.41, 5.74) is 0.454. The molecule has 0 aromatic heterocycles. The predicted molar refractivity (Wildman–Crippen MR) is 95.9 cm³/mol. The Balaban J connectivity index is 1.94. The Hall–Kier alpha value is -1.94. The molecule has 7 nitrogen and oxygen atoms in total. The number of carbonyl (C=O) groups is 2. The van der Waals surface area contributed by atoms with Crippen molar-refractivity contribution in [2.24, 2.45) is 5.14 Å². The average molecular weight is 448 g/mol. The van der Waals surface area contributed by atoms with Crippen molar-refractivity contribution >= 4 is 55.1 Å². The summed E-state index contributed by atoms with van der Waals surface area (Å²) < 4.78 is 27.8. The molecule has 0 aliphatic rings. The highest BCUT2D eigenvalue weighted by Gasteiger charge is 2.14. The predicted octanol–water partition coefficient (Wildman–Crippen LogP) is 2.55. The number of ether oxygens (including phenoxy) is 1. The van der Waals surface area contributed by atoms with Gasteiger partial charge in [-0.1, -0.05) is 27.5 Å². The third-order valence-corrected chi connectivity index (χ3v) is 4.70. The Morgan fingerprint density at radius 3 is 2.40 bits per heavy atom. The van der Waals surface area contributed by atoms with Gasteiger partial charge in [0.25, 0.3) is 5.91 Å². The smallest absolute Gasteiger partial charge is 0.340 e. The van der Waals surface area contributed by atoms with Crippen LogP contribution in [-0.4, -0.2) is 26.9 Å². The van der Waals surface area contributed by atoms with Crippen molar-refractivity contribution in [1.29, 1.82) is 0 Å². The summed E-state index contributed by atoms with van der Waals surface area (Å²) in [6, 6.07) is 9.90. The number of sulfonamides is 1. The minimum absolute atomic E-state index is 0.0822. The van der Waals surface area contributed by atoms with Gasteiger partial charge in [0.1, 0.15) is 0 Å². The molecule has 0 aliphatic heterocycles. The van der Waals surface area contributed by atoms with Gasteiger partial charge in [0, 0.05) is 10.2 Å². The maximum absolute atomic E-state index is 11.9. The fourth-order valence-corrected chi connectivity index (χ4v) is 2.86. The van der Waals surface area contributed by atoms with Crippen LogP contribution in [-0.2, 0) is 19.6 Å². The highest BCUT2D eigenvalue weighted by Crippen LogP contribution is 2.21. The van der Waals surface area contributed by atoms with Gasteiger partial charge in [-0.3, -0.25) is 4.79 Å². The molecule has 2 rings (SSSR count). The van der Waals surface area contributed by atoms with Crippen molar-refractivity contribution in [1.82, 2.24) is 0 Å². The topological polar surface area (TPSA) is 116 Å². The van der Waals surface area contributed by atoms with Crippen molar-refractivity contribution in [3.05, 3.63) is 57.5 Å². The van der Waals surface area contributed by atoms with Crippen LogP contribution in [0.3, 0.4) is 0 Å². The largest absolute Gasteiger partial charge is 0.452 e. The average Bonchev–Trinajstić information content (AvgIpc) is 2.54. The van der Waals surface area contributed by atoms with Gasteiger partial charge < -0.3 is 10.1 Å². The Labute approximate surface area is 157 Å². The van der Waals surface area contributed by atoms with E-state index in [0.717, 1.165) is 0 Å². The quantitative estimate of drug-likeness (QED) is 0.683. The van der Waals surface area contributed by atoms with Crippen LogP contribution in [0.2, 0.25) is 5.02 Å². The summed E-state index contributed by atoms with van der Waals surface area (Å²) in [5, 5.41) is 7.64. The molecule has 0 heterocycles. The number of esters is 1. The number of primary sulfonamides is 1. The first-order chi connectivity index (χ1) is 11.7. The molecule has 132 valence electrons. The van der Waals surface area contributed by atoms with Gasteiger partial charge in [-0.15, -0.1) is 0 Å². The molecule has 0 radical (unpaired) electrons. The summed E-state index contributed by atoms with van der Waals surface area (Å²) in [4.78, 5) is 23.7. The Bertz CT molecular complexity index is 916. The molecule has 1 amide bonds. The lowest BCUT2D eigenvalue weighted by atomic mass is 10.2. The van der Waals surface area contributed by atoms with E-state index in [4.69, 9.17) is 21.5 Å². The molecule has 0 saturated carbocycles. The van der Waals surface area contributed by atoms with Crippen molar-refractivity contribution < 1.29 is 22.7 Å². The van der Waals surface area contributed by atoms with Crippen molar-refractivity contribution in [2.45, 2.75) is 4.90 Å². The van der Waals surface area contributed by atoms with Crippen molar-refractivity contribution in [3.8, 4) is 0 Å². The number of nitrogens with one attached hydrogen (secondary N) is 1. The van der Waals surface area contributed by atoms with Crippen LogP contribution in [0.4, 0.5) is 5.69 Å². The van der Waals surface area contributed by atoms with E-state index in [1.165, 1.54) is 36.4 Å². The van der Waals surface area contributed by atoms with Gasteiger partial charge in [-0.25, -0.2) is 18.4 Å². The first-order valence-electron chi connectivity index (χ1n) is 6.72. The SMILES string of the molecule is NS(=O)(=O)c1ccc(NC(=O)COC(=O)c2cc(Br)ccc2Cl)cc1. The first kappa shape index (κ1) is 19.4. The second-order valence-electron chi connectivity index (χ2n) is 4.82. The molecule has 0 atom stereocenters. The highest BCUT2D eigenvalue weighted by atomic mass is 79.9. The number of anilines is 1. The molecule has 0 spiro atoms. The number of amides is 1. The molecule has 25 heavy (non-hydrogen) atoms. The second kappa shape index (κ2) is 7.96. The molecule has 0 unspecified atom stereocenters. The van der Waals surface area contributed by atoms with E-state index >= 15 is 0 Å². The molecule has 2 aromatic rings. The normalized spacial score (nSPS) is 11.0. The van der Waals surface area contributed by atoms with Crippen LogP contribution >= 0.6 is 27.5 Å². The summed E-state index contributed by atoms with van der Waals surface area (Å²) >= 11 is 9.12. The molecular formula is C15H12BrClN2O5S. The van der Waals surface area contributed by atoms with E-state index in [0.29, 0.717) is 10.2 Å². The van der Waals surface area contributed by atoms with E-state index < -0.39 is 28.5 Å². The second-order valence-corrected chi connectivity index (χ2v) is 7.70. The minimum atomic E-state index is -3.81. The third kappa shape index (κ3) is 5.53. The van der Waals surface area contributed by atoms with Gasteiger partial charge in [0.05, 0.1) is 15.5 Å². The van der Waals surface area contributed by atoms with Crippen LogP contribution < -0.4 is 10.5 Å². The van der Waals surface area contributed by atoms with E-state index in [1.807, 2.05) is 0 Å². The Kier molecular flexibility index (Phi) is 6.17. The summed E-state index contributed by atoms with van der Waals surface area (Å²) in [7, 11) is -3.81. The zero-order valence-corrected chi connectivity index (χ0v) is 15.7. The summed E-state index contributed by atoms with van der Waals surface area (Å²) in [5.74, 6) is -1.34. The zero-order chi connectivity index (χ0) is 18.6. The van der Waals surface area contributed by atoms with E-state index in [-0.39, 0.29) is 15.5 Å². The monoisotopic (exact) mass is 446 g/mol. The number of hydrogen-bond acceptors (Lipinski definition) is 5. The number of nitrogens with two attached hydrogens (primary N) is 1. The molecule has 0 bridgehead atoms. The number of halogens is 2. The van der Waals surface area contributed by atoms with Crippen LogP contribution in [0, 0.1) is 0 Å². The lowest BCUT2D eigenvalue weighted by molar-refractivity contribution is -0.119. The fraction of sp³-hybridized carbons (Fsp3) is 0.0667. The number of hydrogen-bond donors (Lipinski definition) is 2. The van der Waals surface area contributed by atoms with Crippen LogP contribution in [0.5, 0.6) is 0 Å². The Morgan fingerprint density at radius 1 is 1.16 bits per heavy atom. The van der Waals surface area contributed by atoms with E-state index in [2.05, 4.69) is 21.2 Å². The minimum Gasteiger partial charge on any atom is -0.452 e. The maximum atomic E-state index is 11.9. The molecule has 2 aromatic carbocycles. The molecule has 10 heteroatoms. The van der Waals surface area contributed by atoms with Gasteiger partial charge in [-0.05, 0) is 42.5 Å². The number of benzene rings is 2. The van der Waals surface area contributed by atoms with Crippen molar-refractivity contribution in [2.75, 3.05) is 11.9 Å². The summed E-state index contributed by atoms with van der Waals surface area (Å²) in [6.45, 7) is -0.529. The third-order valence-electron chi connectivity index (χ3n) is 2.95. The van der Waals surface area contributed by atoms with Gasteiger partial charge in [-0.2, -0.15) is 0 Å². The number of rotatable bonds is 5. The molecular weight excluding hydrogens is 436 g/mol. The van der Waals surface area contributed by atoms with Crippen molar-refractivity contribution in [3.63, 3.8) is 0 Å². The standard InChI is InChI=1S/C15H12BrClN2O5S/c16-9-1-6-13(17)12(7-9)15(21)24-8-14(20)19-10-2-4-11(5-3-10)25(18,22)23/h1-7H,8H2,(H,19,20)(H2,18,22,23). The zero-order valence-electron chi connectivity index (χ0n) is 12.5. The van der Waals surface area contributed by atoms with Crippen LogP contribution in [0.25, 0.3) is 0 Å². The first-order valence-corrected chi connectivity index (χ1v) is 9.43. The molecule has 0 aliphatic carbocycles. The van der Waals surface area contributed by atoms with Gasteiger partial charge >= 0.3 is 5.97 Å². The van der Waals surface area contributed by atoms with Gasteiger partial charge in [0.15, 0.2) is 6.61 Å².